The standard InChI is InChI=1S/C25H28F2N4O4/c1-4-25(26,27)18-6-5-7-19(15-18)29-24(32)22-16(2)28-23(31(22)33)17-8-9-21(34-3)20(14-17)30-10-12-35-13-11-30/h5-9,14-15,33H,4,10-13H2,1-3H3,(H,29,32)/p+1. The first-order valence-electron chi connectivity index (χ1n) is 11.4. The van der Waals surface area contributed by atoms with Crippen LogP contribution in [0.5, 0.6) is 5.75 Å². The molecule has 2 aromatic carbocycles. The SMILES string of the molecule is CCC(F)(F)c1cccc(NC(=O)c2c(C)[nH]c(-c3ccc(OC)c(N4CCOCC4)c3)[n+]2O)c1. The number of amides is 1. The number of halogens is 2. The molecule has 10 heteroatoms. The van der Waals surface area contributed by atoms with Crippen LogP contribution in [-0.2, 0) is 10.7 Å². The molecule has 2 heterocycles. The monoisotopic (exact) mass is 487 g/mol. The third kappa shape index (κ3) is 4.93. The van der Waals surface area contributed by atoms with Crippen LogP contribution in [0.1, 0.15) is 35.1 Å². The van der Waals surface area contributed by atoms with Crippen molar-refractivity contribution in [1.29, 1.82) is 0 Å². The highest BCUT2D eigenvalue weighted by molar-refractivity contribution is 6.02. The number of hydrogen-bond acceptors (Lipinski definition) is 5. The predicted molar refractivity (Wildman–Crippen MR) is 127 cm³/mol. The molecule has 0 spiro atoms. The number of morpholine rings is 1. The normalized spacial score (nSPS) is 14.1. The van der Waals surface area contributed by atoms with E-state index in [2.05, 4.69) is 15.2 Å². The summed E-state index contributed by atoms with van der Waals surface area (Å²) in [4.78, 5) is 18.2. The molecule has 0 saturated carbocycles. The maximum absolute atomic E-state index is 14.1. The van der Waals surface area contributed by atoms with E-state index in [-0.39, 0.29) is 23.4 Å². The molecule has 3 N–H and O–H groups in total. The number of anilines is 2. The van der Waals surface area contributed by atoms with Crippen molar-refractivity contribution < 1.29 is 33.0 Å². The summed E-state index contributed by atoms with van der Waals surface area (Å²) in [5, 5.41) is 13.5. The van der Waals surface area contributed by atoms with Gasteiger partial charge in [-0.2, -0.15) is 0 Å². The van der Waals surface area contributed by atoms with Gasteiger partial charge in [0, 0.05) is 37.7 Å². The summed E-state index contributed by atoms with van der Waals surface area (Å²) in [6.07, 6.45) is -0.352. The van der Waals surface area contributed by atoms with Gasteiger partial charge in [0.05, 0.1) is 31.6 Å². The summed E-state index contributed by atoms with van der Waals surface area (Å²) in [5.41, 5.74) is 1.90. The van der Waals surface area contributed by atoms with Gasteiger partial charge in [-0.3, -0.25) is 4.79 Å². The van der Waals surface area contributed by atoms with Crippen LogP contribution < -0.4 is 19.7 Å². The average Bonchev–Trinajstić information content (AvgIpc) is 3.18. The number of rotatable bonds is 7. The number of benzene rings is 2. The van der Waals surface area contributed by atoms with Crippen molar-refractivity contribution in [3.63, 3.8) is 0 Å². The summed E-state index contributed by atoms with van der Waals surface area (Å²) in [7, 11) is 1.60. The lowest BCUT2D eigenvalue weighted by atomic mass is 10.1. The van der Waals surface area contributed by atoms with Crippen LogP contribution in [0.25, 0.3) is 11.4 Å². The number of carbonyl (C=O) groups excluding carboxylic acids is 1. The van der Waals surface area contributed by atoms with Crippen LogP contribution in [-0.4, -0.2) is 49.5 Å². The molecular weight excluding hydrogens is 458 g/mol. The molecule has 8 nitrogen and oxygen atoms in total. The molecule has 1 aromatic heterocycles. The van der Waals surface area contributed by atoms with Crippen molar-refractivity contribution in [3.8, 4) is 17.1 Å². The number of nitrogens with zero attached hydrogens (tertiary/aromatic N) is 2. The van der Waals surface area contributed by atoms with E-state index in [1.165, 1.54) is 31.2 Å². The number of imidazole rings is 1. The lowest BCUT2D eigenvalue weighted by molar-refractivity contribution is -0.896. The predicted octanol–water partition coefficient (Wildman–Crippen LogP) is 4.11. The molecule has 186 valence electrons. The number of carbonyl (C=O) groups is 1. The fraction of sp³-hybridized carbons (Fsp3) is 0.360. The second-order valence-corrected chi connectivity index (χ2v) is 8.34. The first kappa shape index (κ1) is 24.5. The lowest BCUT2D eigenvalue weighted by Crippen LogP contribution is -2.39. The minimum atomic E-state index is -3.00. The zero-order chi connectivity index (χ0) is 25.2. The summed E-state index contributed by atoms with van der Waals surface area (Å²) < 4.78 is 39.9. The van der Waals surface area contributed by atoms with Gasteiger partial charge in [-0.15, -0.1) is 0 Å². The Morgan fingerprint density at radius 2 is 2.00 bits per heavy atom. The van der Waals surface area contributed by atoms with Crippen molar-refractivity contribution in [3.05, 3.63) is 59.4 Å². The van der Waals surface area contributed by atoms with Gasteiger partial charge in [0.15, 0.2) is 5.69 Å². The number of H-pyrrole nitrogens is 1. The van der Waals surface area contributed by atoms with Gasteiger partial charge in [0.25, 0.3) is 11.6 Å². The lowest BCUT2D eigenvalue weighted by Gasteiger charge is -2.30. The first-order chi connectivity index (χ1) is 16.7. The second kappa shape index (κ2) is 9.91. The number of aryl methyl sites for hydroxylation is 1. The topological polar surface area (TPSA) is 90.7 Å². The molecule has 1 saturated heterocycles. The molecular formula is C25H29F2N4O4+. The van der Waals surface area contributed by atoms with Crippen LogP contribution in [0, 0.1) is 6.92 Å². The molecule has 35 heavy (non-hydrogen) atoms. The van der Waals surface area contributed by atoms with E-state index in [1.54, 1.807) is 26.2 Å². The highest BCUT2D eigenvalue weighted by Crippen LogP contribution is 2.34. The fourth-order valence-corrected chi connectivity index (χ4v) is 4.13. The Balaban J connectivity index is 1.64. The quantitative estimate of drug-likeness (QED) is 0.345. The van der Waals surface area contributed by atoms with Gasteiger partial charge >= 0.3 is 11.7 Å². The average molecular weight is 488 g/mol. The van der Waals surface area contributed by atoms with Gasteiger partial charge in [-0.1, -0.05) is 19.1 Å². The Morgan fingerprint density at radius 1 is 1.26 bits per heavy atom. The third-order valence-corrected chi connectivity index (χ3v) is 6.09. The minimum Gasteiger partial charge on any atom is -0.495 e. The summed E-state index contributed by atoms with van der Waals surface area (Å²) in [5.74, 6) is -2.64. The fourth-order valence-electron chi connectivity index (χ4n) is 4.13. The maximum Gasteiger partial charge on any atom is 0.327 e. The molecule has 4 rings (SSSR count). The third-order valence-electron chi connectivity index (χ3n) is 6.09. The maximum atomic E-state index is 14.1. The van der Waals surface area contributed by atoms with E-state index in [9.17, 15) is 18.8 Å². The van der Waals surface area contributed by atoms with E-state index in [4.69, 9.17) is 9.47 Å². The minimum absolute atomic E-state index is 0.0311. The van der Waals surface area contributed by atoms with E-state index in [1.807, 2.05) is 6.07 Å². The molecule has 1 amide bonds. The van der Waals surface area contributed by atoms with Gasteiger partial charge in [-0.25, -0.2) is 13.8 Å². The van der Waals surface area contributed by atoms with Crippen molar-refractivity contribution >= 4 is 17.3 Å². The van der Waals surface area contributed by atoms with E-state index < -0.39 is 11.8 Å². The Kier molecular flexibility index (Phi) is 6.93. The van der Waals surface area contributed by atoms with Crippen LogP contribution in [0.15, 0.2) is 42.5 Å². The molecule has 3 aromatic rings. The van der Waals surface area contributed by atoms with Gasteiger partial charge in [0.1, 0.15) is 5.75 Å². The number of methoxy groups -OCH3 is 1. The molecule has 0 bridgehead atoms. The summed E-state index contributed by atoms with van der Waals surface area (Å²) in [6.45, 7) is 5.65. The number of alkyl halides is 2. The zero-order valence-corrected chi connectivity index (χ0v) is 19.9. The summed E-state index contributed by atoms with van der Waals surface area (Å²) >= 11 is 0. The molecule has 1 aliphatic heterocycles. The second-order valence-electron chi connectivity index (χ2n) is 8.34. The number of aromatic nitrogens is 2. The molecule has 1 aliphatic rings. The van der Waals surface area contributed by atoms with Gasteiger partial charge in [-0.05, 0) is 35.1 Å². The van der Waals surface area contributed by atoms with Crippen LogP contribution in [0.4, 0.5) is 20.2 Å². The molecule has 1 fully saturated rings. The Bertz CT molecular complexity index is 1220. The largest absolute Gasteiger partial charge is 0.495 e. The Labute approximate surface area is 202 Å². The van der Waals surface area contributed by atoms with Crippen LogP contribution in [0.2, 0.25) is 0 Å². The number of aromatic amines is 1. The number of ether oxygens (including phenoxy) is 2. The van der Waals surface area contributed by atoms with Crippen molar-refractivity contribution in [1.82, 2.24) is 4.98 Å². The van der Waals surface area contributed by atoms with Crippen molar-refractivity contribution in [2.24, 2.45) is 0 Å². The molecule has 0 radical (unpaired) electrons. The highest BCUT2D eigenvalue weighted by atomic mass is 19.3. The number of nitrogens with one attached hydrogen (secondary N) is 2. The first-order valence-corrected chi connectivity index (χ1v) is 11.4. The van der Waals surface area contributed by atoms with Crippen LogP contribution >= 0.6 is 0 Å². The smallest absolute Gasteiger partial charge is 0.327 e. The van der Waals surface area contributed by atoms with Crippen molar-refractivity contribution in [2.75, 3.05) is 43.6 Å². The van der Waals surface area contributed by atoms with Crippen LogP contribution in [0.3, 0.4) is 0 Å². The van der Waals surface area contributed by atoms with Crippen molar-refractivity contribution in [2.45, 2.75) is 26.2 Å². The molecule has 0 atom stereocenters. The van der Waals surface area contributed by atoms with Gasteiger partial charge in [0.2, 0.25) is 0 Å². The zero-order valence-electron chi connectivity index (χ0n) is 19.9. The van der Waals surface area contributed by atoms with Gasteiger partial charge < -0.3 is 24.9 Å². The number of hydrogen-bond donors (Lipinski definition) is 3. The Hall–Kier alpha value is -3.66. The van der Waals surface area contributed by atoms with E-state index in [0.717, 1.165) is 10.4 Å². The van der Waals surface area contributed by atoms with E-state index >= 15 is 0 Å². The Morgan fingerprint density at radius 3 is 2.69 bits per heavy atom. The molecule has 0 unspecified atom stereocenters. The summed E-state index contributed by atoms with van der Waals surface area (Å²) in [6, 6.07) is 11.0. The molecule has 0 aliphatic carbocycles. The highest BCUT2D eigenvalue weighted by Gasteiger charge is 2.32. The van der Waals surface area contributed by atoms with E-state index in [0.29, 0.717) is 49.1 Å².